The molecule has 35 heavy (non-hydrogen) atoms. The predicted octanol–water partition coefficient (Wildman–Crippen LogP) is 2.79. The second-order valence-electron chi connectivity index (χ2n) is 7.78. The Morgan fingerprint density at radius 2 is 1.89 bits per heavy atom. The van der Waals surface area contributed by atoms with E-state index >= 15 is 0 Å². The molecule has 0 fully saturated rings. The van der Waals surface area contributed by atoms with Crippen LogP contribution in [0.1, 0.15) is 17.3 Å². The lowest BCUT2D eigenvalue weighted by atomic mass is 10.1. The minimum absolute atomic E-state index is 0.153. The highest BCUT2D eigenvalue weighted by Gasteiger charge is 2.20. The van der Waals surface area contributed by atoms with Crippen molar-refractivity contribution in [3.63, 3.8) is 0 Å². The molecule has 1 amide bonds. The van der Waals surface area contributed by atoms with E-state index in [2.05, 4.69) is 15.6 Å². The van der Waals surface area contributed by atoms with E-state index in [1.807, 2.05) is 6.92 Å². The minimum atomic E-state index is -0.491. The lowest BCUT2D eigenvalue weighted by molar-refractivity contribution is -0.115. The third-order valence-corrected chi connectivity index (χ3v) is 5.50. The molecule has 2 heterocycles. The van der Waals surface area contributed by atoms with Gasteiger partial charge in [0.1, 0.15) is 16.8 Å². The van der Waals surface area contributed by atoms with E-state index in [1.165, 1.54) is 11.7 Å². The maximum absolute atomic E-state index is 13.0. The van der Waals surface area contributed by atoms with Gasteiger partial charge < -0.3 is 24.5 Å². The summed E-state index contributed by atoms with van der Waals surface area (Å²) >= 11 is 0. The van der Waals surface area contributed by atoms with Crippen LogP contribution in [0.3, 0.4) is 0 Å². The number of esters is 1. The predicted molar refractivity (Wildman–Crippen MR) is 132 cm³/mol. The van der Waals surface area contributed by atoms with E-state index < -0.39 is 11.7 Å². The third kappa shape index (κ3) is 4.93. The summed E-state index contributed by atoms with van der Waals surface area (Å²) < 4.78 is 17.6. The number of hydrogen-bond acceptors (Lipinski definition) is 8. The summed E-state index contributed by atoms with van der Waals surface area (Å²) in [7, 11) is 2.86. The number of fused-ring (bicyclic) bond motifs is 3. The van der Waals surface area contributed by atoms with Gasteiger partial charge in [0, 0.05) is 23.7 Å². The number of carbonyl (C=O) groups excluding carboxylic acids is 2. The Morgan fingerprint density at radius 3 is 2.57 bits per heavy atom. The van der Waals surface area contributed by atoms with Crippen LogP contribution in [0.15, 0.2) is 51.7 Å². The lowest BCUT2D eigenvalue weighted by Gasteiger charge is -2.10. The molecule has 0 aliphatic rings. The number of likely N-dealkylation sites (N-methyl/N-ethyl adjacent to an activating group) is 1. The van der Waals surface area contributed by atoms with E-state index in [0.29, 0.717) is 57.7 Å². The Morgan fingerprint density at radius 1 is 1.11 bits per heavy atom. The van der Waals surface area contributed by atoms with Gasteiger partial charge >= 0.3 is 11.7 Å². The first-order valence-electron chi connectivity index (χ1n) is 11.1. The van der Waals surface area contributed by atoms with Crippen LogP contribution < -0.4 is 16.3 Å². The Bertz CT molecular complexity index is 1440. The fourth-order valence-corrected chi connectivity index (χ4v) is 3.80. The normalized spacial score (nSPS) is 11.2. The van der Waals surface area contributed by atoms with Gasteiger partial charge in [-0.1, -0.05) is 19.1 Å². The number of ether oxygens (including phenoxy) is 2. The van der Waals surface area contributed by atoms with E-state index in [1.54, 1.807) is 49.6 Å². The number of furan rings is 1. The molecule has 4 aromatic rings. The molecule has 4 rings (SSSR count). The Hall–Kier alpha value is -4.02. The van der Waals surface area contributed by atoms with Gasteiger partial charge in [-0.15, -0.1) is 0 Å². The molecule has 0 atom stereocenters. The van der Waals surface area contributed by atoms with Crippen molar-refractivity contribution >= 4 is 39.6 Å². The topological polar surface area (TPSA) is 125 Å². The molecule has 0 bridgehead atoms. The zero-order valence-corrected chi connectivity index (χ0v) is 19.7. The maximum atomic E-state index is 13.0. The fraction of sp³-hybridized carbons (Fsp3) is 0.280. The molecule has 0 unspecified atom stereocenters. The molecule has 2 N–H and O–H groups in total. The van der Waals surface area contributed by atoms with Crippen molar-refractivity contribution in [1.29, 1.82) is 0 Å². The second kappa shape index (κ2) is 10.5. The Balaban J connectivity index is 1.82. The van der Waals surface area contributed by atoms with Crippen molar-refractivity contribution < 1.29 is 23.5 Å². The highest BCUT2D eigenvalue weighted by molar-refractivity contribution is 6.08. The van der Waals surface area contributed by atoms with Gasteiger partial charge in [0.25, 0.3) is 0 Å². The summed E-state index contributed by atoms with van der Waals surface area (Å²) in [6, 6.07) is 11.9. The van der Waals surface area contributed by atoms with Gasteiger partial charge in [-0.2, -0.15) is 4.98 Å². The molecule has 0 radical (unpaired) electrons. The number of aromatic nitrogens is 2. The quantitative estimate of drug-likeness (QED) is 0.352. The van der Waals surface area contributed by atoms with Gasteiger partial charge in [0.15, 0.2) is 5.58 Å². The Kier molecular flexibility index (Phi) is 7.23. The van der Waals surface area contributed by atoms with Crippen LogP contribution in [-0.2, 0) is 20.8 Å². The van der Waals surface area contributed by atoms with Crippen LogP contribution in [-0.4, -0.2) is 55.3 Å². The monoisotopic (exact) mass is 478 g/mol. The van der Waals surface area contributed by atoms with Crippen molar-refractivity contribution in [2.24, 2.45) is 0 Å². The number of nitrogens with one attached hydrogen (secondary N) is 2. The number of carbonyl (C=O) groups is 2. The molecular weight excluding hydrogens is 452 g/mol. The summed E-state index contributed by atoms with van der Waals surface area (Å²) in [5, 5.41) is 6.44. The number of methoxy groups -OCH3 is 2. The molecule has 0 spiro atoms. The average Bonchev–Trinajstić information content (AvgIpc) is 3.25. The van der Waals surface area contributed by atoms with Crippen LogP contribution in [0.2, 0.25) is 0 Å². The molecule has 0 saturated heterocycles. The Labute approximate surface area is 200 Å². The first-order valence-corrected chi connectivity index (χ1v) is 11.1. The molecule has 2 aromatic heterocycles. The van der Waals surface area contributed by atoms with Crippen molar-refractivity contribution in [3.8, 4) is 11.3 Å². The van der Waals surface area contributed by atoms with Crippen molar-refractivity contribution in [2.45, 2.75) is 13.5 Å². The van der Waals surface area contributed by atoms with E-state index in [0.717, 1.165) is 0 Å². The first kappa shape index (κ1) is 24.1. The number of rotatable bonds is 9. The molecule has 0 aliphatic carbocycles. The molecule has 10 heteroatoms. The maximum Gasteiger partial charge on any atom is 0.348 e. The lowest BCUT2D eigenvalue weighted by Crippen LogP contribution is -2.27. The van der Waals surface area contributed by atoms with Gasteiger partial charge in [0.05, 0.1) is 32.4 Å². The van der Waals surface area contributed by atoms with Gasteiger partial charge in [-0.25, -0.2) is 9.59 Å². The largest absolute Gasteiger partial charge is 0.465 e. The highest BCUT2D eigenvalue weighted by Crippen LogP contribution is 2.34. The number of anilines is 1. The number of amides is 1. The molecule has 0 saturated carbocycles. The zero-order valence-electron chi connectivity index (χ0n) is 19.7. The molecule has 2 aromatic carbocycles. The molecule has 182 valence electrons. The summed E-state index contributed by atoms with van der Waals surface area (Å²) in [5.74, 6) is -0.645. The van der Waals surface area contributed by atoms with Crippen molar-refractivity contribution in [1.82, 2.24) is 14.9 Å². The van der Waals surface area contributed by atoms with Crippen LogP contribution in [0.25, 0.3) is 33.3 Å². The summed E-state index contributed by atoms with van der Waals surface area (Å²) in [4.78, 5) is 41.3. The van der Waals surface area contributed by atoms with Crippen LogP contribution in [0.4, 0.5) is 5.69 Å². The first-order chi connectivity index (χ1) is 17.0. The highest BCUT2D eigenvalue weighted by atomic mass is 16.5. The van der Waals surface area contributed by atoms with E-state index in [9.17, 15) is 14.4 Å². The fourth-order valence-electron chi connectivity index (χ4n) is 3.80. The van der Waals surface area contributed by atoms with E-state index in [-0.39, 0.29) is 19.0 Å². The number of nitrogens with zero attached hydrogens (tertiary/aromatic N) is 2. The average molecular weight is 479 g/mol. The van der Waals surface area contributed by atoms with Crippen molar-refractivity contribution in [3.05, 3.63) is 58.5 Å². The second-order valence-corrected chi connectivity index (χ2v) is 7.78. The van der Waals surface area contributed by atoms with Crippen LogP contribution >= 0.6 is 0 Å². The van der Waals surface area contributed by atoms with E-state index in [4.69, 9.17) is 13.9 Å². The van der Waals surface area contributed by atoms with Crippen molar-refractivity contribution in [2.75, 3.05) is 39.2 Å². The molecule has 10 nitrogen and oxygen atoms in total. The SMILES string of the molecule is CCNCC(=O)Nc1ccc(-c2nc(=O)n(CCOC)c3c2oc2cc(C(=O)OC)ccc23)cc1. The minimum Gasteiger partial charge on any atom is -0.465 e. The molecule has 0 aliphatic heterocycles. The van der Waals surface area contributed by atoms with Crippen LogP contribution in [0, 0.1) is 0 Å². The zero-order chi connectivity index (χ0) is 24.9. The summed E-state index contributed by atoms with van der Waals surface area (Å²) in [5.41, 5.74) is 2.89. The number of benzene rings is 2. The number of hydrogen-bond donors (Lipinski definition) is 2. The summed E-state index contributed by atoms with van der Waals surface area (Å²) in [6.07, 6.45) is 0. The van der Waals surface area contributed by atoms with Gasteiger partial charge in [-0.05, 0) is 36.9 Å². The van der Waals surface area contributed by atoms with Gasteiger partial charge in [0.2, 0.25) is 5.91 Å². The van der Waals surface area contributed by atoms with Crippen LogP contribution in [0.5, 0.6) is 0 Å². The third-order valence-electron chi connectivity index (χ3n) is 5.50. The molecular formula is C25H26N4O6. The summed E-state index contributed by atoms with van der Waals surface area (Å²) in [6.45, 7) is 3.43. The smallest absolute Gasteiger partial charge is 0.348 e. The van der Waals surface area contributed by atoms with Gasteiger partial charge in [-0.3, -0.25) is 9.36 Å². The standard InChI is InChI=1S/C25H26N4O6/c1-4-26-14-20(30)27-17-8-5-15(6-9-17)21-23-22(29(11-12-33-2)25(32)28-21)18-10-7-16(24(31)34-3)13-19(18)35-23/h5-10,13,26H,4,11-12,14H2,1-3H3,(H,27,30).